The number of thioether (sulfide) groups is 3. The summed E-state index contributed by atoms with van der Waals surface area (Å²) in [4.78, 5) is 83.4. The molecule has 3 atom stereocenters. The molecule has 4 heterocycles. The van der Waals surface area contributed by atoms with Crippen LogP contribution in [0.2, 0.25) is 0 Å². The number of aliphatic hydroxyl groups is 1. The highest BCUT2D eigenvalue weighted by molar-refractivity contribution is 8.76. The topological polar surface area (TPSA) is 266 Å². The molecule has 6 rings (SSSR count). The summed E-state index contributed by atoms with van der Waals surface area (Å²) in [5.41, 5.74) is 3.75. The van der Waals surface area contributed by atoms with Crippen molar-refractivity contribution >= 4 is 98.0 Å². The fraction of sp³-hybridized carbons (Fsp3) is 0.837. The Hall–Kier alpha value is -4.06. The van der Waals surface area contributed by atoms with Crippen molar-refractivity contribution in [3.05, 3.63) is 59.4 Å². The van der Waals surface area contributed by atoms with Crippen LogP contribution in [0, 0.1) is 25.7 Å². The van der Waals surface area contributed by atoms with Gasteiger partial charge < -0.3 is 34.2 Å². The lowest BCUT2D eigenvalue weighted by molar-refractivity contribution is -0.595. The van der Waals surface area contributed by atoms with E-state index in [1.807, 2.05) is 46.3 Å². The van der Waals surface area contributed by atoms with E-state index in [1.54, 1.807) is 68.3 Å². The number of benzene rings is 1. The molecule has 2 saturated heterocycles. The number of imide groups is 2. The van der Waals surface area contributed by atoms with E-state index in [4.69, 9.17) is 24.1 Å². The minimum atomic E-state index is -0.161. The largest absolute Gasteiger partial charge is 0.393 e. The number of azo groups is 1. The number of Topliss-reactive ketones (excluding diaryl/α,β-unsaturated/α-hetero) is 2. The van der Waals surface area contributed by atoms with E-state index in [0.717, 1.165) is 126 Å². The van der Waals surface area contributed by atoms with Crippen LogP contribution in [0.1, 0.15) is 405 Å². The second kappa shape index (κ2) is 108. The summed E-state index contributed by atoms with van der Waals surface area (Å²) in [5, 5.41) is 31.6. The number of methoxy groups -OCH3 is 2. The van der Waals surface area contributed by atoms with Crippen LogP contribution in [0.5, 0.6) is 0 Å². The summed E-state index contributed by atoms with van der Waals surface area (Å²) >= 11 is 4.86. The standard InChI is InChI=1S/C16H25NO3S.C11H22.C10H17NO2S.C10H22.C9H17N3.C8H17N4.C8H18O4.C8H18S2.C8H10.C7H16O.C6H13NOS.C3H6O/c1-3-8-21-14-9-15(19)17(16(14)20)10-12-4-6-13(7-5-12)11(2)18;1-3-5-7-9-11-10-8-6-4-2;1-3-5-6-11-9(12)7-8(10(11)13)14-4-2;1-3-5-7-9-10-8-6-4-2;1-3-5-6-7-12-8-9(4-2)10-11-12;1-3-5-6-7-8-9-11-12(4-2)10-8;1-9-3-5-11-7-8-12-6-4-10-2;1-3-5-6-8-10-9-7-4-2;1-7-3-5-8(2)6-4-7;1-3-5-7(8)6-4-2;1-3-4-9-5-6(8)7-2;1-3(2)4/h12-14H,3-10H2,1-2H3;7,9H,3-6,8,10-11H2,1-2H3;8H,3-7H2,1-2H3;3-10H2,1-2H3;2*8H,3-7H2,1-2H3;3-8H2,1-2H3;3-8H2,1-2H3;3-6H,1-2H3;7-8H,3-6H2,1-2H3;3-5H2,1-2H3,(H,7,8);1-2H3/q;;;;;+1;;;;;;/b;9-7+;;;;;;;;;;. The number of carbonyl (C=O) groups is 7. The highest BCUT2D eigenvalue weighted by atomic mass is 33.1. The van der Waals surface area contributed by atoms with Crippen molar-refractivity contribution < 1.29 is 62.4 Å². The zero-order valence-corrected chi connectivity index (χ0v) is 92.4. The Morgan fingerprint density at radius 1 is 0.527 bits per heavy atom. The lowest BCUT2D eigenvalue weighted by atomic mass is 9.80. The number of hydrogen-bond acceptors (Lipinski definition) is 22. The lowest BCUT2D eigenvalue weighted by Gasteiger charge is -2.29. The van der Waals surface area contributed by atoms with Gasteiger partial charge in [-0.05, 0) is 184 Å². The number of ether oxygens (including phenoxy) is 4. The van der Waals surface area contributed by atoms with Gasteiger partial charge in [0, 0.05) is 83.8 Å². The molecule has 27 heteroatoms. The molecule has 0 bridgehead atoms. The number of amides is 5. The third kappa shape index (κ3) is 94.7. The monoisotopic (exact) mass is 1940 g/mol. The first-order valence-electron chi connectivity index (χ1n) is 51.4. The summed E-state index contributed by atoms with van der Waals surface area (Å²) in [6.07, 6.45) is 55.3. The van der Waals surface area contributed by atoms with Gasteiger partial charge in [0.1, 0.15) is 18.1 Å². The van der Waals surface area contributed by atoms with Gasteiger partial charge >= 0.3 is 0 Å². The van der Waals surface area contributed by atoms with E-state index in [0.29, 0.717) is 77.2 Å². The first-order chi connectivity index (χ1) is 63.2. The van der Waals surface area contributed by atoms with Crippen LogP contribution in [0.25, 0.3) is 0 Å². The van der Waals surface area contributed by atoms with Crippen LogP contribution in [0.15, 0.2) is 58.1 Å². The molecular weight excluding hydrogens is 1740 g/mol. The molecule has 0 radical (unpaired) electrons. The lowest BCUT2D eigenvalue weighted by Crippen LogP contribution is -2.37. The van der Waals surface area contributed by atoms with Gasteiger partial charge in [0.15, 0.2) is 5.22 Å². The van der Waals surface area contributed by atoms with E-state index < -0.39 is 0 Å². The zero-order chi connectivity index (χ0) is 99.4. The average molecular weight is 1940 g/mol. The second-order valence-electron chi connectivity index (χ2n) is 33.5. The fourth-order valence-corrected chi connectivity index (χ4v) is 17.4. The van der Waals surface area contributed by atoms with Gasteiger partial charge in [-0.1, -0.05) is 313 Å². The molecule has 4 aliphatic rings. The second-order valence-corrected chi connectivity index (χ2v) is 40.0. The number of aromatic nitrogens is 3. The van der Waals surface area contributed by atoms with Gasteiger partial charge in [0.2, 0.25) is 29.5 Å². The molecule has 768 valence electrons. The minimum absolute atomic E-state index is 0.00661. The van der Waals surface area contributed by atoms with Gasteiger partial charge in [-0.3, -0.25) is 43.2 Å². The Balaban J connectivity index is -0.000000330. The van der Waals surface area contributed by atoms with E-state index in [-0.39, 0.29) is 69.8 Å². The number of likely N-dealkylation sites (tertiary alicyclic amines) is 2. The minimum Gasteiger partial charge on any atom is -0.393 e. The Morgan fingerprint density at radius 3 is 1.45 bits per heavy atom. The number of ketones is 2. The normalized spacial score (nSPS) is 15.6. The SMILES string of the molecule is CC(C)=O.CCC/C=C/CCCCCC.CCCC(O)CCC.CCCCCC1N=N[N+](CC)=N1.CCCCCCCCCC.CCCCCSSCCC.CCCCCn1cc(CC)nn1.CCCCN1C(=O)CC(SCC)C1=O.CCCSC1CC(=O)N(CC2CCC(C(C)=O)CC2)C1=O.CCCSCC(=O)NC.COCCOCCOCCOC.Cc1ccc(C)cc1. The molecule has 1 aliphatic carbocycles. The van der Waals surface area contributed by atoms with Crippen molar-refractivity contribution in [2.75, 3.05) is 115 Å². The Bertz CT molecular complexity index is 2880. The summed E-state index contributed by atoms with van der Waals surface area (Å²) < 4.78 is 21.9. The molecule has 3 fully saturated rings. The van der Waals surface area contributed by atoms with Gasteiger partial charge in [-0.25, -0.2) is 0 Å². The molecule has 2 N–H and O–H groups in total. The van der Waals surface area contributed by atoms with Crippen molar-refractivity contribution in [2.45, 2.75) is 438 Å². The number of aryl methyl sites for hydroxylation is 4. The zero-order valence-electron chi connectivity index (χ0n) is 88.3. The maximum Gasteiger partial charge on any atom is 0.295 e. The molecule has 1 saturated carbocycles. The number of aliphatic hydroxyl groups excluding tert-OH is 1. The summed E-state index contributed by atoms with van der Waals surface area (Å²) in [5.74, 6) is 7.33. The fourth-order valence-electron chi connectivity index (χ4n) is 12.4. The molecule has 131 heavy (non-hydrogen) atoms. The van der Waals surface area contributed by atoms with Gasteiger partial charge in [0.05, 0.1) is 72.8 Å². The summed E-state index contributed by atoms with van der Waals surface area (Å²) in [7, 11) is 9.02. The van der Waals surface area contributed by atoms with Crippen LogP contribution in [-0.4, -0.2) is 214 Å². The van der Waals surface area contributed by atoms with Crippen molar-refractivity contribution in [1.29, 1.82) is 0 Å². The number of nitrogens with zero attached hydrogens (tertiary/aromatic N) is 9. The van der Waals surface area contributed by atoms with Crippen LogP contribution >= 0.6 is 56.9 Å². The Kier molecular flexibility index (Phi) is 113. The van der Waals surface area contributed by atoms with E-state index >= 15 is 0 Å². The average Bonchev–Trinajstić information content (AvgIpc) is 1.67. The highest BCUT2D eigenvalue weighted by Gasteiger charge is 2.41. The molecule has 2 aromatic rings. The first kappa shape index (κ1) is 138. The van der Waals surface area contributed by atoms with Crippen LogP contribution in [0.4, 0.5) is 0 Å². The number of nitrogens with one attached hydrogen (secondary N) is 1. The van der Waals surface area contributed by atoms with Gasteiger partial charge in [0.25, 0.3) is 6.17 Å². The first-order valence-corrected chi connectivity index (χ1v) is 57.2. The Morgan fingerprint density at radius 2 is 0.992 bits per heavy atom. The van der Waals surface area contributed by atoms with E-state index in [9.17, 15) is 33.6 Å². The van der Waals surface area contributed by atoms with Crippen molar-refractivity contribution in [1.82, 2.24) is 30.1 Å². The number of carbonyl (C=O) groups excluding carboxylic acids is 7. The van der Waals surface area contributed by atoms with Crippen LogP contribution in [0.3, 0.4) is 0 Å². The number of allylic oxidation sites excluding steroid dienone is 2. The quantitative estimate of drug-likeness (QED) is 0.0205. The molecule has 3 aliphatic heterocycles. The number of unbranched alkanes of at least 4 members (excludes halogenated alkanes) is 19. The Labute approximate surface area is 824 Å². The molecule has 1 aromatic carbocycles. The van der Waals surface area contributed by atoms with Crippen molar-refractivity contribution in [3.63, 3.8) is 0 Å². The molecular formula is C104H201N10O12S5+. The molecule has 1 aromatic heterocycles. The highest BCUT2D eigenvalue weighted by Crippen LogP contribution is 2.33. The smallest absolute Gasteiger partial charge is 0.295 e. The maximum atomic E-state index is 12.3. The van der Waals surface area contributed by atoms with E-state index in [2.05, 4.69) is 178 Å². The van der Waals surface area contributed by atoms with Crippen molar-refractivity contribution in [3.8, 4) is 0 Å². The predicted molar refractivity (Wildman–Crippen MR) is 568 cm³/mol. The maximum absolute atomic E-state index is 12.3. The molecule has 22 nitrogen and oxygen atoms in total. The third-order valence-corrected chi connectivity index (χ3v) is 26.7. The molecule has 0 spiro atoms. The van der Waals surface area contributed by atoms with Crippen LogP contribution in [-0.2, 0) is 65.5 Å². The summed E-state index contributed by atoms with van der Waals surface area (Å²) in [6, 6.07) is 8.48. The number of hydrogen-bond donors (Lipinski definition) is 2. The van der Waals surface area contributed by atoms with Crippen molar-refractivity contribution in [2.24, 2.45) is 27.3 Å². The molecule has 3 unspecified atom stereocenters. The number of rotatable bonds is 59. The van der Waals surface area contributed by atoms with E-state index in [1.165, 1.54) is 207 Å². The third-order valence-electron chi connectivity index (χ3n) is 20.3. The molecule has 5 amide bonds. The van der Waals surface area contributed by atoms with Gasteiger partial charge in [-0.2, -0.15) is 11.8 Å². The van der Waals surface area contributed by atoms with Gasteiger partial charge in [-0.15, -0.1) is 28.6 Å². The predicted octanol–water partition coefficient (Wildman–Crippen LogP) is 27.6. The summed E-state index contributed by atoms with van der Waals surface area (Å²) in [6.45, 7) is 50.2. The van der Waals surface area contributed by atoms with Crippen LogP contribution < -0.4 is 5.32 Å².